The quantitative estimate of drug-likeness (QED) is 0.834. The van der Waals surface area contributed by atoms with Gasteiger partial charge in [-0.1, -0.05) is 31.5 Å². The summed E-state index contributed by atoms with van der Waals surface area (Å²) in [5.41, 5.74) is 8.27. The van der Waals surface area contributed by atoms with E-state index in [4.69, 9.17) is 10.7 Å². The maximum absolute atomic E-state index is 5.79. The lowest BCUT2D eigenvalue weighted by atomic mass is 10.1. The predicted octanol–water partition coefficient (Wildman–Crippen LogP) is 4.33. The van der Waals surface area contributed by atoms with Crippen LogP contribution in [-0.2, 0) is 12.3 Å². The Balaban J connectivity index is 2.07. The second kappa shape index (κ2) is 6.55. The summed E-state index contributed by atoms with van der Waals surface area (Å²) in [7, 11) is 0. The molecule has 1 heterocycles. The third-order valence-corrected chi connectivity index (χ3v) is 5.14. The van der Waals surface area contributed by atoms with E-state index in [1.54, 1.807) is 11.3 Å². The number of rotatable bonds is 5. The van der Waals surface area contributed by atoms with Gasteiger partial charge >= 0.3 is 0 Å². The number of nitrogens with two attached hydrogens (primary N) is 1. The fourth-order valence-corrected chi connectivity index (χ4v) is 4.03. The van der Waals surface area contributed by atoms with Gasteiger partial charge in [-0.05, 0) is 25.0 Å². The zero-order valence-electron chi connectivity index (χ0n) is 11.6. The molecule has 0 aliphatic heterocycles. The molecule has 2 nitrogen and oxygen atoms in total. The molecule has 2 aromatic rings. The summed E-state index contributed by atoms with van der Waals surface area (Å²) in [4.78, 5) is 7.27. The van der Waals surface area contributed by atoms with Gasteiger partial charge in [0.2, 0.25) is 0 Å². The molecule has 0 bridgehead atoms. The minimum atomic E-state index is 0.451. The molecule has 2 rings (SSSR count). The molecule has 0 atom stereocenters. The Labute approximate surface area is 123 Å². The van der Waals surface area contributed by atoms with E-state index in [9.17, 15) is 0 Å². The summed E-state index contributed by atoms with van der Waals surface area (Å²) in [5, 5.41) is 1.18. The highest BCUT2D eigenvalue weighted by Crippen LogP contribution is 2.30. The molecule has 2 N–H and O–H groups in total. The predicted molar refractivity (Wildman–Crippen MR) is 84.8 cm³/mol. The number of aryl methyl sites for hydroxylation is 1. The van der Waals surface area contributed by atoms with E-state index >= 15 is 0 Å². The summed E-state index contributed by atoms with van der Waals surface area (Å²) >= 11 is 3.59. The van der Waals surface area contributed by atoms with Crippen molar-refractivity contribution in [1.82, 2.24) is 4.98 Å². The number of thioether (sulfide) groups is 1. The van der Waals surface area contributed by atoms with Crippen molar-refractivity contribution in [3.8, 4) is 0 Å². The summed E-state index contributed by atoms with van der Waals surface area (Å²) in [6.07, 6.45) is 0. The number of aromatic nitrogens is 1. The zero-order chi connectivity index (χ0) is 13.8. The van der Waals surface area contributed by atoms with Crippen LogP contribution in [0.5, 0.6) is 0 Å². The SMILES string of the molecule is Cc1cccc(SCc2nc(C(C)C)c(CN)s2)c1. The Bertz CT molecular complexity index is 547. The molecule has 0 aliphatic carbocycles. The fraction of sp³-hybridized carbons (Fsp3) is 0.400. The maximum Gasteiger partial charge on any atom is 0.103 e. The molecule has 0 radical (unpaired) electrons. The Kier molecular flexibility index (Phi) is 5.02. The average Bonchev–Trinajstić information content (AvgIpc) is 2.80. The lowest BCUT2D eigenvalue weighted by Gasteiger charge is -2.02. The monoisotopic (exact) mass is 292 g/mol. The van der Waals surface area contributed by atoms with Crippen LogP contribution in [0.15, 0.2) is 29.2 Å². The van der Waals surface area contributed by atoms with Crippen LogP contribution in [0.1, 0.15) is 40.9 Å². The van der Waals surface area contributed by atoms with Crippen LogP contribution in [0.4, 0.5) is 0 Å². The molecule has 0 saturated carbocycles. The van der Waals surface area contributed by atoms with Crippen LogP contribution in [-0.4, -0.2) is 4.98 Å². The van der Waals surface area contributed by atoms with Gasteiger partial charge in [0.1, 0.15) is 5.01 Å². The average molecular weight is 292 g/mol. The molecular weight excluding hydrogens is 272 g/mol. The highest BCUT2D eigenvalue weighted by molar-refractivity contribution is 7.98. The van der Waals surface area contributed by atoms with Crippen molar-refractivity contribution in [3.05, 3.63) is 45.4 Å². The van der Waals surface area contributed by atoms with Gasteiger partial charge in [-0.3, -0.25) is 0 Å². The van der Waals surface area contributed by atoms with Crippen molar-refractivity contribution in [3.63, 3.8) is 0 Å². The van der Waals surface area contributed by atoms with E-state index in [1.165, 1.54) is 26.0 Å². The maximum atomic E-state index is 5.79. The van der Waals surface area contributed by atoms with Gasteiger partial charge in [0, 0.05) is 16.3 Å². The molecule has 0 spiro atoms. The van der Waals surface area contributed by atoms with Crippen molar-refractivity contribution >= 4 is 23.1 Å². The lowest BCUT2D eigenvalue weighted by molar-refractivity contribution is 0.808. The Hall–Kier alpha value is -0.840. The van der Waals surface area contributed by atoms with E-state index in [0.717, 1.165) is 5.75 Å². The first kappa shape index (κ1) is 14.6. The molecule has 0 aliphatic rings. The van der Waals surface area contributed by atoms with E-state index in [1.807, 2.05) is 11.8 Å². The molecule has 19 heavy (non-hydrogen) atoms. The molecule has 0 amide bonds. The van der Waals surface area contributed by atoms with Crippen LogP contribution in [0.3, 0.4) is 0 Å². The minimum absolute atomic E-state index is 0.451. The molecular formula is C15H20N2S2. The number of nitrogens with zero attached hydrogens (tertiary/aromatic N) is 1. The number of thiazole rings is 1. The minimum Gasteiger partial charge on any atom is -0.326 e. The molecule has 1 aromatic heterocycles. The summed E-state index contributed by atoms with van der Waals surface area (Å²) in [6.45, 7) is 7.06. The van der Waals surface area contributed by atoms with Crippen LogP contribution in [0, 0.1) is 6.92 Å². The van der Waals surface area contributed by atoms with Crippen LogP contribution in [0.25, 0.3) is 0 Å². The normalized spacial score (nSPS) is 11.2. The molecule has 4 heteroatoms. The largest absolute Gasteiger partial charge is 0.326 e. The second-order valence-electron chi connectivity index (χ2n) is 4.88. The van der Waals surface area contributed by atoms with Gasteiger partial charge in [-0.25, -0.2) is 4.98 Å². The highest BCUT2D eigenvalue weighted by Gasteiger charge is 2.13. The molecule has 0 saturated heterocycles. The van der Waals surface area contributed by atoms with Crippen LogP contribution >= 0.6 is 23.1 Å². The second-order valence-corrected chi connectivity index (χ2v) is 7.10. The summed E-state index contributed by atoms with van der Waals surface area (Å²) in [6, 6.07) is 8.59. The van der Waals surface area contributed by atoms with E-state index in [2.05, 4.69) is 45.0 Å². The summed E-state index contributed by atoms with van der Waals surface area (Å²) in [5.74, 6) is 1.38. The first-order chi connectivity index (χ1) is 9.10. The lowest BCUT2D eigenvalue weighted by Crippen LogP contribution is -1.99. The molecule has 102 valence electrons. The third-order valence-electron chi connectivity index (χ3n) is 2.86. The Morgan fingerprint density at radius 1 is 1.37 bits per heavy atom. The van der Waals surface area contributed by atoms with Gasteiger partial charge in [0.05, 0.1) is 11.4 Å². The van der Waals surface area contributed by atoms with Crippen molar-refractivity contribution in [2.45, 2.75) is 43.9 Å². The first-order valence-corrected chi connectivity index (χ1v) is 8.28. The van der Waals surface area contributed by atoms with Gasteiger partial charge in [-0.15, -0.1) is 23.1 Å². The van der Waals surface area contributed by atoms with Gasteiger partial charge in [0.25, 0.3) is 0 Å². The number of benzene rings is 1. The van der Waals surface area contributed by atoms with Gasteiger partial charge in [0.15, 0.2) is 0 Å². The van der Waals surface area contributed by atoms with Crippen molar-refractivity contribution in [1.29, 1.82) is 0 Å². The van der Waals surface area contributed by atoms with Crippen LogP contribution < -0.4 is 5.73 Å². The van der Waals surface area contributed by atoms with E-state index in [0.29, 0.717) is 12.5 Å². The van der Waals surface area contributed by atoms with Crippen molar-refractivity contribution in [2.24, 2.45) is 5.73 Å². The molecule has 0 unspecified atom stereocenters. The van der Waals surface area contributed by atoms with Crippen molar-refractivity contribution in [2.75, 3.05) is 0 Å². The zero-order valence-corrected chi connectivity index (χ0v) is 13.3. The Morgan fingerprint density at radius 3 is 2.74 bits per heavy atom. The summed E-state index contributed by atoms with van der Waals surface area (Å²) < 4.78 is 0. The van der Waals surface area contributed by atoms with Gasteiger partial charge in [-0.2, -0.15) is 0 Å². The van der Waals surface area contributed by atoms with E-state index in [-0.39, 0.29) is 0 Å². The smallest absolute Gasteiger partial charge is 0.103 e. The third kappa shape index (κ3) is 3.81. The van der Waals surface area contributed by atoms with Crippen molar-refractivity contribution < 1.29 is 0 Å². The number of hydrogen-bond donors (Lipinski definition) is 1. The molecule has 0 fully saturated rings. The topological polar surface area (TPSA) is 38.9 Å². The van der Waals surface area contributed by atoms with Crippen LogP contribution in [0.2, 0.25) is 0 Å². The standard InChI is InChI=1S/C15H20N2S2/c1-10(2)15-13(8-16)19-14(17-15)9-18-12-6-4-5-11(3)7-12/h4-7,10H,8-9,16H2,1-3H3. The molecule has 1 aromatic carbocycles. The Morgan fingerprint density at radius 2 is 2.16 bits per heavy atom. The van der Waals surface area contributed by atoms with E-state index < -0.39 is 0 Å². The highest BCUT2D eigenvalue weighted by atomic mass is 32.2. The fourth-order valence-electron chi connectivity index (χ4n) is 1.92. The van der Waals surface area contributed by atoms with Gasteiger partial charge < -0.3 is 5.73 Å². The number of hydrogen-bond acceptors (Lipinski definition) is 4. The first-order valence-electron chi connectivity index (χ1n) is 6.48.